The molecule has 4 aromatic rings. The van der Waals surface area contributed by atoms with Crippen LogP contribution in [0.15, 0.2) is 42.9 Å². The summed E-state index contributed by atoms with van der Waals surface area (Å²) in [4.78, 5) is 29.7. The van der Waals surface area contributed by atoms with Crippen LogP contribution in [-0.2, 0) is 9.53 Å². The zero-order valence-corrected chi connectivity index (χ0v) is 22.8. The molecule has 2 aliphatic rings. The molecular formula is C28H32FN9O2. The quantitative estimate of drug-likeness (QED) is 0.367. The standard InChI is InChI=1S/C28H32FN9O2/c1-17-12-23(33-24-13-18(2)35-36-24)34-26(32-17)20-6-8-28(9-7-20)27(39)37(10-11-40-28)19(3)21-4-5-25(30-14-21)38-16-22(29)15-31-38/h4-5,12-16,19-20H,6-11H2,1-3H3,(H2,32,33,34,35,36)/t19-,20?,28?/m0/s1. The number of hydrogen-bond acceptors (Lipinski definition) is 8. The van der Waals surface area contributed by atoms with Crippen LogP contribution in [-0.4, -0.2) is 64.5 Å². The number of hydrogen-bond donors (Lipinski definition) is 2. The third-order valence-corrected chi connectivity index (χ3v) is 7.86. The monoisotopic (exact) mass is 545 g/mol. The molecule has 11 nitrogen and oxygen atoms in total. The Morgan fingerprint density at radius 1 is 1.15 bits per heavy atom. The Balaban J connectivity index is 1.13. The summed E-state index contributed by atoms with van der Waals surface area (Å²) >= 11 is 0. The molecule has 12 heteroatoms. The number of anilines is 2. The minimum Gasteiger partial charge on any atom is -0.363 e. The topological polar surface area (TPSA) is 127 Å². The zero-order valence-electron chi connectivity index (χ0n) is 22.8. The molecule has 0 unspecified atom stereocenters. The summed E-state index contributed by atoms with van der Waals surface area (Å²) < 4.78 is 20.9. The Kier molecular flexibility index (Phi) is 6.78. The second-order valence-electron chi connectivity index (χ2n) is 10.7. The van der Waals surface area contributed by atoms with Crippen molar-refractivity contribution >= 4 is 17.5 Å². The molecule has 0 radical (unpaired) electrons. The van der Waals surface area contributed by atoms with Gasteiger partial charge in [0.2, 0.25) is 0 Å². The van der Waals surface area contributed by atoms with Gasteiger partial charge in [-0.25, -0.2) is 24.0 Å². The molecule has 5 heterocycles. The van der Waals surface area contributed by atoms with Gasteiger partial charge in [-0.3, -0.25) is 9.89 Å². The van der Waals surface area contributed by atoms with Gasteiger partial charge in [0.1, 0.15) is 17.2 Å². The average molecular weight is 546 g/mol. The molecule has 2 N–H and O–H groups in total. The summed E-state index contributed by atoms with van der Waals surface area (Å²) in [6.45, 7) is 6.90. The normalized spacial score (nSPS) is 22.1. The van der Waals surface area contributed by atoms with Gasteiger partial charge in [0, 0.05) is 42.2 Å². The van der Waals surface area contributed by atoms with Crippen LogP contribution in [0.3, 0.4) is 0 Å². The number of halogens is 1. The summed E-state index contributed by atoms with van der Waals surface area (Å²) in [5.74, 6) is 2.44. The van der Waals surface area contributed by atoms with Crippen LogP contribution in [0.2, 0.25) is 0 Å². The van der Waals surface area contributed by atoms with E-state index in [9.17, 15) is 9.18 Å². The highest BCUT2D eigenvalue weighted by atomic mass is 19.1. The first kappa shape index (κ1) is 26.1. The predicted octanol–water partition coefficient (Wildman–Crippen LogP) is 4.30. The minimum absolute atomic E-state index is 0.0179. The molecule has 1 saturated carbocycles. The summed E-state index contributed by atoms with van der Waals surface area (Å²) in [7, 11) is 0. The van der Waals surface area contributed by atoms with E-state index in [0.717, 1.165) is 41.8 Å². The second kappa shape index (κ2) is 10.4. The van der Waals surface area contributed by atoms with Crippen molar-refractivity contribution in [3.63, 3.8) is 0 Å². The van der Waals surface area contributed by atoms with E-state index >= 15 is 0 Å². The van der Waals surface area contributed by atoms with E-state index in [4.69, 9.17) is 14.7 Å². The number of aryl methyl sites for hydroxylation is 2. The number of H-pyrrole nitrogens is 1. The highest BCUT2D eigenvalue weighted by molar-refractivity contribution is 5.86. The average Bonchev–Trinajstić information content (AvgIpc) is 3.57. The highest BCUT2D eigenvalue weighted by Gasteiger charge is 2.49. The molecule has 1 saturated heterocycles. The van der Waals surface area contributed by atoms with Crippen molar-refractivity contribution in [2.24, 2.45) is 0 Å². The number of ether oxygens (including phenoxy) is 1. The number of carbonyl (C=O) groups is 1. The van der Waals surface area contributed by atoms with Crippen LogP contribution in [0.5, 0.6) is 0 Å². The summed E-state index contributed by atoms with van der Waals surface area (Å²) in [6.07, 6.45) is 6.87. The van der Waals surface area contributed by atoms with E-state index in [1.165, 1.54) is 10.9 Å². The summed E-state index contributed by atoms with van der Waals surface area (Å²) in [5, 5.41) is 14.4. The number of nitrogens with one attached hydrogen (secondary N) is 2. The van der Waals surface area contributed by atoms with E-state index in [2.05, 4.69) is 25.6 Å². The van der Waals surface area contributed by atoms with Crippen molar-refractivity contribution in [3.05, 3.63) is 71.4 Å². The lowest BCUT2D eigenvalue weighted by molar-refractivity contribution is -0.181. The molecule has 4 aromatic heterocycles. The van der Waals surface area contributed by atoms with E-state index < -0.39 is 11.4 Å². The Morgan fingerprint density at radius 2 is 1.98 bits per heavy atom. The number of aromatic amines is 1. The molecule has 1 aliphatic heterocycles. The lowest BCUT2D eigenvalue weighted by atomic mass is 9.76. The molecule has 40 heavy (non-hydrogen) atoms. The number of amides is 1. The van der Waals surface area contributed by atoms with Crippen molar-refractivity contribution in [1.29, 1.82) is 0 Å². The Labute approximate surface area is 231 Å². The lowest BCUT2D eigenvalue weighted by Crippen LogP contribution is -2.58. The fourth-order valence-corrected chi connectivity index (χ4v) is 5.67. The first-order chi connectivity index (χ1) is 19.3. The number of morpholine rings is 1. The van der Waals surface area contributed by atoms with Crippen molar-refractivity contribution < 1.29 is 13.9 Å². The van der Waals surface area contributed by atoms with Crippen LogP contribution < -0.4 is 5.32 Å². The molecule has 1 aliphatic carbocycles. The van der Waals surface area contributed by atoms with E-state index in [1.807, 2.05) is 43.9 Å². The molecule has 2 fully saturated rings. The molecule has 0 bridgehead atoms. The number of rotatable bonds is 6. The Hall–Kier alpha value is -4.19. The van der Waals surface area contributed by atoms with Gasteiger partial charge < -0.3 is 15.0 Å². The van der Waals surface area contributed by atoms with Crippen LogP contribution in [0.25, 0.3) is 5.82 Å². The van der Waals surface area contributed by atoms with Gasteiger partial charge in [-0.15, -0.1) is 0 Å². The third-order valence-electron chi connectivity index (χ3n) is 7.86. The fourth-order valence-electron chi connectivity index (χ4n) is 5.67. The number of pyridine rings is 1. The van der Waals surface area contributed by atoms with Gasteiger partial charge in [-0.05, 0) is 58.1 Å². The largest absolute Gasteiger partial charge is 0.363 e. The van der Waals surface area contributed by atoms with Crippen LogP contribution in [0.1, 0.15) is 67.3 Å². The SMILES string of the molecule is Cc1cc(Nc2cc(C)[nH]n2)nc(C2CCC3(CC2)OCCN([C@@H](C)c2ccc(-n4cc(F)cn4)nc2)C3=O)n1. The molecule has 1 amide bonds. The first-order valence-electron chi connectivity index (χ1n) is 13.6. The smallest absolute Gasteiger partial charge is 0.255 e. The van der Waals surface area contributed by atoms with Crippen molar-refractivity contribution in [2.75, 3.05) is 18.5 Å². The van der Waals surface area contributed by atoms with Gasteiger partial charge in [0.15, 0.2) is 17.5 Å². The van der Waals surface area contributed by atoms with Gasteiger partial charge in [0.05, 0.1) is 25.0 Å². The fraction of sp³-hybridized carbons (Fsp3) is 0.429. The maximum atomic E-state index is 13.8. The summed E-state index contributed by atoms with van der Waals surface area (Å²) in [5.41, 5.74) is 1.91. The van der Waals surface area contributed by atoms with E-state index in [-0.39, 0.29) is 17.9 Å². The number of aromatic nitrogens is 7. The minimum atomic E-state index is -0.833. The number of nitrogens with zero attached hydrogens (tertiary/aromatic N) is 7. The predicted molar refractivity (Wildman–Crippen MR) is 145 cm³/mol. The van der Waals surface area contributed by atoms with E-state index in [0.29, 0.717) is 43.4 Å². The second-order valence-corrected chi connectivity index (χ2v) is 10.7. The van der Waals surface area contributed by atoms with Gasteiger partial charge >= 0.3 is 0 Å². The number of carbonyl (C=O) groups excluding carboxylic acids is 1. The van der Waals surface area contributed by atoms with Crippen LogP contribution in [0, 0.1) is 19.7 Å². The summed E-state index contributed by atoms with van der Waals surface area (Å²) in [6, 6.07) is 7.33. The highest BCUT2D eigenvalue weighted by Crippen LogP contribution is 2.43. The van der Waals surface area contributed by atoms with Crippen LogP contribution in [0.4, 0.5) is 16.0 Å². The van der Waals surface area contributed by atoms with Crippen molar-refractivity contribution in [1.82, 2.24) is 39.8 Å². The molecular weight excluding hydrogens is 513 g/mol. The molecule has 1 atom stereocenters. The maximum Gasteiger partial charge on any atom is 0.255 e. The van der Waals surface area contributed by atoms with Gasteiger partial charge in [0.25, 0.3) is 5.91 Å². The van der Waals surface area contributed by atoms with Gasteiger partial charge in [-0.1, -0.05) is 6.07 Å². The zero-order chi connectivity index (χ0) is 27.9. The first-order valence-corrected chi connectivity index (χ1v) is 13.6. The van der Waals surface area contributed by atoms with Crippen molar-refractivity contribution in [2.45, 2.75) is 64.0 Å². The molecule has 208 valence electrons. The molecule has 1 spiro atoms. The molecule has 0 aromatic carbocycles. The van der Waals surface area contributed by atoms with Crippen LogP contribution >= 0.6 is 0 Å². The Morgan fingerprint density at radius 3 is 2.65 bits per heavy atom. The molecule has 6 rings (SSSR count). The lowest BCUT2D eigenvalue weighted by Gasteiger charge is -2.46. The van der Waals surface area contributed by atoms with Gasteiger partial charge in [-0.2, -0.15) is 10.2 Å². The van der Waals surface area contributed by atoms with E-state index in [1.54, 1.807) is 12.3 Å². The maximum absolute atomic E-state index is 13.8. The van der Waals surface area contributed by atoms with Crippen molar-refractivity contribution in [3.8, 4) is 5.82 Å². The Bertz CT molecular complexity index is 1510. The third kappa shape index (κ3) is 5.06.